The molecule has 0 radical (unpaired) electrons. The Kier molecular flexibility index (Phi) is 3.78. The summed E-state index contributed by atoms with van der Waals surface area (Å²) in [5, 5.41) is 0. The molecule has 2 rings (SSSR count). The van der Waals surface area contributed by atoms with E-state index in [0.717, 1.165) is 6.07 Å². The van der Waals surface area contributed by atoms with Crippen LogP contribution < -0.4 is 16.4 Å². The maximum Gasteiger partial charge on any atom is 0.250 e. The van der Waals surface area contributed by atoms with Crippen LogP contribution in [0, 0.1) is 5.82 Å². The smallest absolute Gasteiger partial charge is 0.250 e. The fourth-order valence-corrected chi connectivity index (χ4v) is 2.06. The molecular weight excluding hydrogens is 237 g/mol. The van der Waals surface area contributed by atoms with Gasteiger partial charge in [-0.25, -0.2) is 4.39 Å². The van der Waals surface area contributed by atoms with Crippen LogP contribution in [0.15, 0.2) is 18.2 Å². The molecule has 1 atom stereocenters. The van der Waals surface area contributed by atoms with E-state index < -0.39 is 11.7 Å². The molecule has 1 fully saturated rings. The van der Waals surface area contributed by atoms with Gasteiger partial charge >= 0.3 is 0 Å². The van der Waals surface area contributed by atoms with E-state index in [0.29, 0.717) is 31.9 Å². The molecule has 0 aliphatic carbocycles. The highest BCUT2D eigenvalue weighted by molar-refractivity contribution is 5.98. The number of amides is 1. The molecule has 0 spiro atoms. The number of hydrogen-bond acceptors (Lipinski definition) is 4. The molecule has 98 valence electrons. The Morgan fingerprint density at radius 1 is 1.56 bits per heavy atom. The van der Waals surface area contributed by atoms with Crippen LogP contribution in [-0.2, 0) is 4.74 Å². The molecule has 0 bridgehead atoms. The third-order valence-corrected chi connectivity index (χ3v) is 2.97. The number of nitrogens with two attached hydrogens (primary N) is 2. The average molecular weight is 253 g/mol. The third kappa shape index (κ3) is 2.60. The summed E-state index contributed by atoms with van der Waals surface area (Å²) in [4.78, 5) is 13.3. The summed E-state index contributed by atoms with van der Waals surface area (Å²) in [5.74, 6) is -1.11. The molecule has 1 heterocycles. The Morgan fingerprint density at radius 2 is 2.33 bits per heavy atom. The topological polar surface area (TPSA) is 81.6 Å². The number of carbonyl (C=O) groups excluding carboxylic acids is 1. The van der Waals surface area contributed by atoms with Gasteiger partial charge in [0.1, 0.15) is 5.82 Å². The lowest BCUT2D eigenvalue weighted by Crippen LogP contribution is -2.46. The van der Waals surface area contributed by atoms with Crippen molar-refractivity contribution >= 4 is 11.6 Å². The number of rotatable bonds is 3. The van der Waals surface area contributed by atoms with Crippen molar-refractivity contribution in [2.45, 2.75) is 6.10 Å². The lowest BCUT2D eigenvalue weighted by atomic mass is 10.1. The summed E-state index contributed by atoms with van der Waals surface area (Å²) in [6.45, 7) is 2.13. The molecule has 1 aromatic carbocycles. The van der Waals surface area contributed by atoms with Crippen molar-refractivity contribution in [1.82, 2.24) is 0 Å². The Labute approximate surface area is 104 Å². The number of benzene rings is 1. The van der Waals surface area contributed by atoms with E-state index in [-0.39, 0.29) is 11.7 Å². The molecule has 1 aromatic rings. The van der Waals surface area contributed by atoms with Crippen LogP contribution in [0.5, 0.6) is 0 Å². The van der Waals surface area contributed by atoms with Crippen molar-refractivity contribution in [2.75, 3.05) is 31.1 Å². The van der Waals surface area contributed by atoms with E-state index in [1.807, 2.05) is 4.90 Å². The van der Waals surface area contributed by atoms with Gasteiger partial charge in [-0.3, -0.25) is 4.79 Å². The van der Waals surface area contributed by atoms with Gasteiger partial charge in [0, 0.05) is 25.3 Å². The third-order valence-electron chi connectivity index (χ3n) is 2.97. The minimum absolute atomic E-state index is 0.0791. The van der Waals surface area contributed by atoms with Gasteiger partial charge < -0.3 is 21.1 Å². The molecule has 1 aliphatic heterocycles. The second-order valence-corrected chi connectivity index (χ2v) is 4.20. The fraction of sp³-hybridized carbons (Fsp3) is 0.417. The first-order valence-electron chi connectivity index (χ1n) is 5.77. The lowest BCUT2D eigenvalue weighted by Gasteiger charge is -2.34. The summed E-state index contributed by atoms with van der Waals surface area (Å²) < 4.78 is 18.6. The predicted octanol–water partition coefficient (Wildman–Crippen LogP) is 0.0885. The number of morpholine rings is 1. The zero-order valence-corrected chi connectivity index (χ0v) is 9.93. The van der Waals surface area contributed by atoms with Gasteiger partial charge in [0.2, 0.25) is 0 Å². The maximum atomic E-state index is 13.1. The van der Waals surface area contributed by atoms with Crippen molar-refractivity contribution in [3.05, 3.63) is 29.6 Å². The van der Waals surface area contributed by atoms with Crippen LogP contribution >= 0.6 is 0 Å². The van der Waals surface area contributed by atoms with E-state index in [9.17, 15) is 9.18 Å². The SMILES string of the molecule is NCC1CN(c2ccc(F)cc2C(N)=O)CCO1. The Morgan fingerprint density at radius 3 is 3.00 bits per heavy atom. The Hall–Kier alpha value is -1.66. The Balaban J connectivity index is 2.29. The molecule has 5 nitrogen and oxygen atoms in total. The van der Waals surface area contributed by atoms with Crippen molar-refractivity contribution in [3.63, 3.8) is 0 Å². The summed E-state index contributed by atoms with van der Waals surface area (Å²) in [7, 11) is 0. The van der Waals surface area contributed by atoms with Gasteiger partial charge in [0.25, 0.3) is 5.91 Å². The van der Waals surface area contributed by atoms with E-state index in [2.05, 4.69) is 0 Å². The first-order chi connectivity index (χ1) is 8.61. The molecule has 1 aliphatic rings. The number of ether oxygens (including phenoxy) is 1. The molecule has 0 aromatic heterocycles. The molecule has 4 N–H and O–H groups in total. The van der Waals surface area contributed by atoms with Crippen LogP contribution in [0.1, 0.15) is 10.4 Å². The van der Waals surface area contributed by atoms with Crippen molar-refractivity contribution < 1.29 is 13.9 Å². The minimum Gasteiger partial charge on any atom is -0.373 e. The van der Waals surface area contributed by atoms with Gasteiger partial charge in [0.05, 0.1) is 18.3 Å². The fourth-order valence-electron chi connectivity index (χ4n) is 2.06. The van der Waals surface area contributed by atoms with Gasteiger partial charge in [-0.1, -0.05) is 0 Å². The highest BCUT2D eigenvalue weighted by Gasteiger charge is 2.22. The number of anilines is 1. The van der Waals surface area contributed by atoms with Crippen LogP contribution in [0.3, 0.4) is 0 Å². The second-order valence-electron chi connectivity index (χ2n) is 4.20. The minimum atomic E-state index is -0.639. The lowest BCUT2D eigenvalue weighted by molar-refractivity contribution is 0.0465. The van der Waals surface area contributed by atoms with Crippen molar-refractivity contribution in [2.24, 2.45) is 11.5 Å². The van der Waals surface area contributed by atoms with Crippen LogP contribution in [-0.4, -0.2) is 38.3 Å². The molecular formula is C12H16FN3O2. The second kappa shape index (κ2) is 5.32. The van der Waals surface area contributed by atoms with Crippen molar-refractivity contribution in [1.29, 1.82) is 0 Å². The molecule has 1 unspecified atom stereocenters. The number of carbonyl (C=O) groups is 1. The molecule has 1 saturated heterocycles. The van der Waals surface area contributed by atoms with Crippen LogP contribution in [0.2, 0.25) is 0 Å². The van der Waals surface area contributed by atoms with Crippen LogP contribution in [0.25, 0.3) is 0 Å². The van der Waals surface area contributed by atoms with Gasteiger partial charge in [0.15, 0.2) is 0 Å². The van der Waals surface area contributed by atoms with Gasteiger partial charge in [-0.15, -0.1) is 0 Å². The Bertz CT molecular complexity index is 453. The molecule has 18 heavy (non-hydrogen) atoms. The van der Waals surface area contributed by atoms with E-state index in [1.165, 1.54) is 6.07 Å². The molecule has 1 amide bonds. The first kappa shape index (κ1) is 12.8. The highest BCUT2D eigenvalue weighted by Crippen LogP contribution is 2.23. The monoisotopic (exact) mass is 253 g/mol. The highest BCUT2D eigenvalue weighted by atomic mass is 19.1. The van der Waals surface area contributed by atoms with E-state index in [1.54, 1.807) is 6.07 Å². The summed E-state index contributed by atoms with van der Waals surface area (Å²) in [6, 6.07) is 4.04. The molecule has 6 heteroatoms. The predicted molar refractivity (Wildman–Crippen MR) is 65.9 cm³/mol. The van der Waals surface area contributed by atoms with Gasteiger partial charge in [-0.2, -0.15) is 0 Å². The normalized spacial score (nSPS) is 19.9. The summed E-state index contributed by atoms with van der Waals surface area (Å²) >= 11 is 0. The largest absolute Gasteiger partial charge is 0.373 e. The summed E-state index contributed by atoms with van der Waals surface area (Å²) in [6.07, 6.45) is -0.0791. The zero-order valence-electron chi connectivity index (χ0n) is 9.93. The number of hydrogen-bond donors (Lipinski definition) is 2. The van der Waals surface area contributed by atoms with Crippen LogP contribution in [0.4, 0.5) is 10.1 Å². The molecule has 0 saturated carbocycles. The zero-order chi connectivity index (χ0) is 13.1. The van der Waals surface area contributed by atoms with E-state index in [4.69, 9.17) is 16.2 Å². The number of primary amides is 1. The number of nitrogens with zero attached hydrogens (tertiary/aromatic N) is 1. The first-order valence-corrected chi connectivity index (χ1v) is 5.77. The van der Waals surface area contributed by atoms with Gasteiger partial charge in [-0.05, 0) is 18.2 Å². The number of halogens is 1. The maximum absolute atomic E-state index is 13.1. The average Bonchev–Trinajstić information content (AvgIpc) is 2.38. The van der Waals surface area contributed by atoms with Crippen molar-refractivity contribution in [3.8, 4) is 0 Å². The standard InChI is InChI=1S/C12H16FN3O2/c13-8-1-2-11(10(5-8)12(15)17)16-3-4-18-9(6-14)7-16/h1-2,5,9H,3-4,6-7,14H2,(H2,15,17). The van der Waals surface area contributed by atoms with E-state index >= 15 is 0 Å². The quantitative estimate of drug-likeness (QED) is 0.799. The summed E-state index contributed by atoms with van der Waals surface area (Å²) in [5.41, 5.74) is 11.6.